The summed E-state index contributed by atoms with van der Waals surface area (Å²) in [7, 11) is 0. The van der Waals surface area contributed by atoms with Crippen molar-refractivity contribution in [2.75, 3.05) is 19.7 Å². The van der Waals surface area contributed by atoms with E-state index in [0.717, 1.165) is 27.8 Å². The summed E-state index contributed by atoms with van der Waals surface area (Å²) in [6.45, 7) is 4.92. The minimum Gasteiger partial charge on any atom is -0.481 e. The number of nitrogens with one attached hydrogen (secondary N) is 1. The molecule has 2 aliphatic carbocycles. The predicted octanol–water partition coefficient (Wildman–Crippen LogP) is 4.04. The van der Waals surface area contributed by atoms with E-state index >= 15 is 0 Å². The maximum Gasteiger partial charge on any atom is 0.407 e. The molecule has 7 heteroatoms. The number of carboxylic acids is 1. The molecule has 3 atom stereocenters. The number of ether oxygens (including phenoxy) is 1. The van der Waals surface area contributed by atoms with Gasteiger partial charge >= 0.3 is 12.1 Å². The number of alkyl carbamates (subject to hydrolysis) is 1. The number of carbonyl (C=O) groups is 3. The Kier molecular flexibility index (Phi) is 6.09. The Labute approximate surface area is 204 Å². The second-order valence-corrected chi connectivity index (χ2v) is 9.97. The van der Waals surface area contributed by atoms with Crippen LogP contribution in [0.2, 0.25) is 0 Å². The molecule has 0 bridgehead atoms. The molecular weight excluding hydrogens is 444 g/mol. The molecule has 2 amide bonds. The predicted molar refractivity (Wildman–Crippen MR) is 131 cm³/mol. The van der Waals surface area contributed by atoms with E-state index in [1.807, 2.05) is 44.2 Å². The van der Waals surface area contributed by atoms with Crippen LogP contribution in [0.15, 0.2) is 60.2 Å². The van der Waals surface area contributed by atoms with E-state index in [9.17, 15) is 19.5 Å². The number of piperidine rings is 1. The fraction of sp³-hybridized carbons (Fsp3) is 0.393. The molecule has 1 aliphatic heterocycles. The number of amides is 2. The average Bonchev–Trinajstić information content (AvgIpc) is 3.19. The summed E-state index contributed by atoms with van der Waals surface area (Å²) in [6, 6.07) is 15.5. The minimum atomic E-state index is -0.787. The van der Waals surface area contributed by atoms with E-state index in [0.29, 0.717) is 19.5 Å². The maximum absolute atomic E-state index is 13.2. The van der Waals surface area contributed by atoms with Gasteiger partial charge in [0.25, 0.3) is 0 Å². The molecule has 3 aliphatic rings. The average molecular weight is 475 g/mol. The first kappa shape index (κ1) is 23.1. The number of carbonyl (C=O) groups excluding carboxylic acids is 2. The summed E-state index contributed by atoms with van der Waals surface area (Å²) >= 11 is 0. The van der Waals surface area contributed by atoms with Crippen molar-refractivity contribution in [1.82, 2.24) is 10.2 Å². The number of aliphatic carboxylic acids is 1. The second kappa shape index (κ2) is 9.21. The Hall–Kier alpha value is -3.61. The number of nitrogens with zero attached hydrogens (tertiary/aromatic N) is 1. The fourth-order valence-electron chi connectivity index (χ4n) is 5.65. The van der Waals surface area contributed by atoms with Gasteiger partial charge in [0.05, 0.1) is 5.92 Å². The van der Waals surface area contributed by atoms with Crippen molar-refractivity contribution >= 4 is 18.0 Å². The molecule has 5 rings (SSSR count). The summed E-state index contributed by atoms with van der Waals surface area (Å²) in [5.41, 5.74) is 5.61. The molecule has 182 valence electrons. The van der Waals surface area contributed by atoms with Crippen LogP contribution in [0.4, 0.5) is 4.79 Å². The van der Waals surface area contributed by atoms with Gasteiger partial charge in [0.1, 0.15) is 12.6 Å². The molecule has 0 spiro atoms. The van der Waals surface area contributed by atoms with Gasteiger partial charge in [-0.1, -0.05) is 60.2 Å². The van der Waals surface area contributed by atoms with E-state index in [1.54, 1.807) is 4.90 Å². The number of fused-ring (bicyclic) bond motifs is 4. The quantitative estimate of drug-likeness (QED) is 0.591. The van der Waals surface area contributed by atoms with Gasteiger partial charge in [-0.05, 0) is 54.4 Å². The largest absolute Gasteiger partial charge is 0.481 e. The number of hydrogen-bond acceptors (Lipinski definition) is 4. The van der Waals surface area contributed by atoms with Gasteiger partial charge < -0.3 is 20.1 Å². The maximum atomic E-state index is 13.2. The molecule has 7 nitrogen and oxygen atoms in total. The third-order valence-corrected chi connectivity index (χ3v) is 7.49. The molecule has 35 heavy (non-hydrogen) atoms. The number of carboxylic acid groups (broad SMARTS) is 1. The standard InChI is InChI=1S/C28H30N2O5/c1-16(2)11-12-24(26(31)30-13-21-22(14-30)25(21)27(32)33)29-28(34)35-15-23-19-9-5-3-7-17(19)18-8-4-6-10-20(18)23/h3-11,21-25H,12-15H2,1-2H3,(H,29,34)(H,32,33). The summed E-state index contributed by atoms with van der Waals surface area (Å²) in [5.74, 6) is -1.33. The SMILES string of the molecule is CC(C)=CCC(NC(=O)OCC1c2ccccc2-c2ccccc21)C(=O)N1CC2C(C1)C2C(=O)O. The van der Waals surface area contributed by atoms with Gasteiger partial charge in [-0.25, -0.2) is 4.79 Å². The lowest BCUT2D eigenvalue weighted by molar-refractivity contribution is -0.141. The van der Waals surface area contributed by atoms with Crippen molar-refractivity contribution in [1.29, 1.82) is 0 Å². The molecule has 0 radical (unpaired) electrons. The summed E-state index contributed by atoms with van der Waals surface area (Å²) in [6.07, 6.45) is 1.66. The van der Waals surface area contributed by atoms with Crippen molar-refractivity contribution in [3.63, 3.8) is 0 Å². The Morgan fingerprint density at radius 1 is 1.03 bits per heavy atom. The van der Waals surface area contributed by atoms with Crippen LogP contribution in [0, 0.1) is 17.8 Å². The molecule has 2 N–H and O–H groups in total. The van der Waals surface area contributed by atoms with Crippen LogP contribution in [-0.4, -0.2) is 53.7 Å². The number of hydrogen-bond donors (Lipinski definition) is 2. The van der Waals surface area contributed by atoms with E-state index in [4.69, 9.17) is 4.74 Å². The van der Waals surface area contributed by atoms with Gasteiger partial charge in [0.15, 0.2) is 0 Å². The first-order valence-electron chi connectivity index (χ1n) is 12.1. The molecule has 1 heterocycles. The highest BCUT2D eigenvalue weighted by atomic mass is 16.5. The monoisotopic (exact) mass is 474 g/mol. The van der Waals surface area contributed by atoms with Crippen molar-refractivity contribution < 1.29 is 24.2 Å². The van der Waals surface area contributed by atoms with Crippen molar-refractivity contribution in [2.45, 2.75) is 32.2 Å². The number of likely N-dealkylation sites (tertiary alicyclic amines) is 1. The molecule has 2 aromatic rings. The van der Waals surface area contributed by atoms with Gasteiger partial charge in [-0.15, -0.1) is 0 Å². The topological polar surface area (TPSA) is 95.9 Å². The van der Waals surface area contributed by atoms with Crippen LogP contribution >= 0.6 is 0 Å². The second-order valence-electron chi connectivity index (χ2n) is 9.97. The highest BCUT2D eigenvalue weighted by Crippen LogP contribution is 2.52. The van der Waals surface area contributed by atoms with Gasteiger partial charge in [-0.2, -0.15) is 0 Å². The zero-order valence-corrected chi connectivity index (χ0v) is 19.9. The number of rotatable bonds is 7. The Balaban J connectivity index is 1.23. The fourth-order valence-corrected chi connectivity index (χ4v) is 5.65. The van der Waals surface area contributed by atoms with Gasteiger partial charge in [-0.3, -0.25) is 9.59 Å². The van der Waals surface area contributed by atoms with Crippen molar-refractivity contribution in [3.05, 3.63) is 71.3 Å². The molecule has 2 fully saturated rings. The Morgan fingerprint density at radius 2 is 1.60 bits per heavy atom. The third kappa shape index (κ3) is 4.43. The highest BCUT2D eigenvalue weighted by molar-refractivity contribution is 5.87. The van der Waals surface area contributed by atoms with E-state index < -0.39 is 18.1 Å². The lowest BCUT2D eigenvalue weighted by Crippen LogP contribution is -2.49. The zero-order valence-electron chi connectivity index (χ0n) is 19.9. The molecule has 0 aromatic heterocycles. The van der Waals surface area contributed by atoms with Crippen LogP contribution in [0.25, 0.3) is 11.1 Å². The van der Waals surface area contributed by atoms with Crippen LogP contribution in [0.1, 0.15) is 37.3 Å². The van der Waals surface area contributed by atoms with Crippen LogP contribution in [0.3, 0.4) is 0 Å². The summed E-state index contributed by atoms with van der Waals surface area (Å²) in [4.78, 5) is 39.0. The molecule has 1 saturated heterocycles. The van der Waals surface area contributed by atoms with E-state index in [1.165, 1.54) is 0 Å². The molecular formula is C28H30N2O5. The normalized spacial score (nSPS) is 22.5. The lowest BCUT2D eigenvalue weighted by atomic mass is 9.98. The van der Waals surface area contributed by atoms with E-state index in [2.05, 4.69) is 29.6 Å². The van der Waals surface area contributed by atoms with E-state index in [-0.39, 0.29) is 36.2 Å². The van der Waals surface area contributed by atoms with Crippen molar-refractivity contribution in [2.24, 2.45) is 17.8 Å². The van der Waals surface area contributed by atoms with Crippen LogP contribution in [-0.2, 0) is 14.3 Å². The molecule has 2 aromatic carbocycles. The smallest absolute Gasteiger partial charge is 0.407 e. The number of benzene rings is 2. The van der Waals surface area contributed by atoms with Crippen molar-refractivity contribution in [3.8, 4) is 11.1 Å². The Morgan fingerprint density at radius 3 is 2.14 bits per heavy atom. The molecule has 3 unspecified atom stereocenters. The number of allylic oxidation sites excluding steroid dienone is 1. The summed E-state index contributed by atoms with van der Waals surface area (Å²) < 4.78 is 5.65. The van der Waals surface area contributed by atoms with Crippen LogP contribution < -0.4 is 5.32 Å². The zero-order chi connectivity index (χ0) is 24.7. The van der Waals surface area contributed by atoms with Crippen LogP contribution in [0.5, 0.6) is 0 Å². The molecule has 1 saturated carbocycles. The highest BCUT2D eigenvalue weighted by Gasteiger charge is 2.60. The summed E-state index contributed by atoms with van der Waals surface area (Å²) in [5, 5.41) is 12.0. The first-order chi connectivity index (χ1) is 16.8. The first-order valence-corrected chi connectivity index (χ1v) is 12.1. The van der Waals surface area contributed by atoms with Gasteiger partial charge in [0.2, 0.25) is 5.91 Å². The third-order valence-electron chi connectivity index (χ3n) is 7.49. The Bertz CT molecular complexity index is 1140. The minimum absolute atomic E-state index is 0.0232. The van der Waals surface area contributed by atoms with Gasteiger partial charge in [0, 0.05) is 19.0 Å². The lowest BCUT2D eigenvalue weighted by Gasteiger charge is -2.25.